The van der Waals surface area contributed by atoms with E-state index in [-0.39, 0.29) is 30.2 Å². The fourth-order valence-corrected chi connectivity index (χ4v) is 7.52. The third-order valence-corrected chi connectivity index (χ3v) is 10.0. The Kier molecular flexibility index (Phi) is 7.22. The van der Waals surface area contributed by atoms with Crippen molar-refractivity contribution < 1.29 is 29.3 Å². The topological polar surface area (TPSA) is 134 Å². The fourth-order valence-electron chi connectivity index (χ4n) is 7.52. The van der Waals surface area contributed by atoms with Crippen LogP contribution in [0.4, 0.5) is 4.79 Å². The highest BCUT2D eigenvalue weighted by Gasteiger charge is 2.48. The van der Waals surface area contributed by atoms with Crippen molar-refractivity contribution in [3.63, 3.8) is 0 Å². The van der Waals surface area contributed by atoms with Crippen LogP contribution in [0, 0.1) is 0 Å². The predicted molar refractivity (Wildman–Crippen MR) is 161 cm³/mol. The number of piperidine rings is 2. The molecule has 232 valence electrons. The van der Waals surface area contributed by atoms with Crippen molar-refractivity contribution in [2.45, 2.75) is 83.3 Å². The molecule has 4 aliphatic heterocycles. The predicted octanol–water partition coefficient (Wildman–Crippen LogP) is 3.58. The number of rotatable bonds is 4. The monoisotopic (exact) mass is 609 g/mol. The quantitative estimate of drug-likeness (QED) is 0.333. The minimum atomic E-state index is -2.04. The van der Waals surface area contributed by atoms with Gasteiger partial charge in [-0.3, -0.25) is 4.79 Å². The second kappa shape index (κ2) is 11.0. The molecule has 6 heterocycles. The Balaban J connectivity index is 1.18. The third kappa shape index (κ3) is 4.52. The minimum Gasteiger partial charge on any atom is -0.429 e. The lowest BCUT2D eigenvalue weighted by Crippen LogP contribution is -2.48. The van der Waals surface area contributed by atoms with Crippen LogP contribution in [0.1, 0.15) is 80.9 Å². The molecule has 2 N–H and O–H groups in total. The second-order valence-corrected chi connectivity index (χ2v) is 12.4. The van der Waals surface area contributed by atoms with E-state index in [1.54, 1.807) is 24.0 Å². The molecule has 4 aliphatic rings. The van der Waals surface area contributed by atoms with Gasteiger partial charge in [-0.1, -0.05) is 20.3 Å². The van der Waals surface area contributed by atoms with Crippen molar-refractivity contribution in [1.82, 2.24) is 19.4 Å². The summed E-state index contributed by atoms with van der Waals surface area (Å²) in [6, 6.07) is 7.50. The van der Waals surface area contributed by atoms with Gasteiger partial charge in [0.1, 0.15) is 5.75 Å². The summed E-state index contributed by atoms with van der Waals surface area (Å²) in [5, 5.41) is 22.5. The summed E-state index contributed by atoms with van der Waals surface area (Å²) in [5.41, 5.74) is 0.864. The van der Waals surface area contributed by atoms with Crippen LogP contribution in [0.5, 0.6) is 5.75 Å². The Morgan fingerprint density at radius 2 is 1.84 bits per heavy atom. The van der Waals surface area contributed by atoms with Gasteiger partial charge < -0.3 is 34.1 Å². The largest absolute Gasteiger partial charge is 0.429 e. The number of ether oxygens (including phenoxy) is 2. The van der Waals surface area contributed by atoms with E-state index in [0.717, 1.165) is 42.4 Å². The van der Waals surface area contributed by atoms with Gasteiger partial charge in [-0.25, -0.2) is 14.6 Å². The maximum atomic E-state index is 13.6. The molecule has 0 saturated carbocycles. The van der Waals surface area contributed by atoms with Crippen LogP contribution in [-0.4, -0.2) is 73.8 Å². The molecule has 2 saturated heterocycles. The summed E-state index contributed by atoms with van der Waals surface area (Å²) < 4.78 is 12.3. The van der Waals surface area contributed by atoms with E-state index in [0.29, 0.717) is 48.2 Å². The Labute approximate surface area is 255 Å². The minimum absolute atomic E-state index is 0.0232. The highest BCUT2D eigenvalue weighted by molar-refractivity contribution is 5.90. The van der Waals surface area contributed by atoms with E-state index in [1.165, 1.54) is 23.8 Å². The van der Waals surface area contributed by atoms with Gasteiger partial charge in [0.2, 0.25) is 6.29 Å². The average Bonchev–Trinajstić information content (AvgIpc) is 3.41. The van der Waals surface area contributed by atoms with E-state index >= 15 is 0 Å². The smallest absolute Gasteiger partial charge is 0.415 e. The second-order valence-electron chi connectivity index (χ2n) is 12.4. The number of cyclic esters (lactones) is 1. The first-order valence-electron chi connectivity index (χ1n) is 15.8. The maximum absolute atomic E-state index is 13.6. The van der Waals surface area contributed by atoms with Crippen molar-refractivity contribution in [3.05, 3.63) is 56.9 Å². The first-order valence-corrected chi connectivity index (χ1v) is 15.8. The van der Waals surface area contributed by atoms with Gasteiger partial charge in [-0.2, -0.15) is 0 Å². The Hall–Kier alpha value is -3.80. The van der Waals surface area contributed by atoms with Crippen molar-refractivity contribution in [2.24, 2.45) is 0 Å². The number of nitrogens with zero attached hydrogens (tertiary/aromatic N) is 4. The zero-order valence-corrected chi connectivity index (χ0v) is 25.2. The number of aliphatic hydroxyl groups excluding tert-OH is 1. The molecule has 1 unspecified atom stereocenters. The molecule has 11 heteroatoms. The number of aryl methyl sites for hydroxylation is 1. The fraction of sp³-hybridized carbons (Fsp3) is 0.515. The zero-order chi connectivity index (χ0) is 30.7. The Morgan fingerprint density at radius 3 is 2.55 bits per heavy atom. The molecular formula is C33H38N4O7. The van der Waals surface area contributed by atoms with Crippen LogP contribution < -0.4 is 10.3 Å². The molecule has 1 amide bonds. The molecule has 2 fully saturated rings. The van der Waals surface area contributed by atoms with E-state index in [4.69, 9.17) is 14.5 Å². The molecule has 2 atom stereocenters. The molecular weight excluding hydrogens is 571 g/mol. The molecule has 0 bridgehead atoms. The number of likely N-dealkylation sites (tertiary alicyclic amines) is 2. The van der Waals surface area contributed by atoms with Gasteiger partial charge in [0.15, 0.2) is 5.60 Å². The molecule has 0 radical (unpaired) electrons. The summed E-state index contributed by atoms with van der Waals surface area (Å²) in [6.45, 7) is 7.51. The van der Waals surface area contributed by atoms with Gasteiger partial charge in [0.05, 0.1) is 29.0 Å². The van der Waals surface area contributed by atoms with Gasteiger partial charge in [0.25, 0.3) is 5.56 Å². The van der Waals surface area contributed by atoms with E-state index in [9.17, 15) is 24.6 Å². The van der Waals surface area contributed by atoms with Crippen LogP contribution in [0.25, 0.3) is 22.3 Å². The number of hydrogen-bond donors (Lipinski definition) is 2. The molecule has 11 nitrogen and oxygen atoms in total. The summed E-state index contributed by atoms with van der Waals surface area (Å²) in [5.74, 6) is -0.552. The lowest BCUT2D eigenvalue weighted by atomic mass is 9.85. The number of amides is 1. The highest BCUT2D eigenvalue weighted by Crippen LogP contribution is 2.42. The molecule has 0 aliphatic carbocycles. The van der Waals surface area contributed by atoms with E-state index in [2.05, 4.69) is 4.90 Å². The summed E-state index contributed by atoms with van der Waals surface area (Å²) in [4.78, 5) is 48.6. The first kappa shape index (κ1) is 28.9. The summed E-state index contributed by atoms with van der Waals surface area (Å²) in [6.07, 6.45) is 4.24. The molecule has 44 heavy (non-hydrogen) atoms. The van der Waals surface area contributed by atoms with Gasteiger partial charge in [-0.15, -0.1) is 0 Å². The first-order chi connectivity index (χ1) is 21.2. The molecule has 0 spiro atoms. The number of benzene rings is 1. The van der Waals surface area contributed by atoms with Crippen LogP contribution in [0.3, 0.4) is 0 Å². The Morgan fingerprint density at radius 1 is 1.09 bits per heavy atom. The number of pyridine rings is 2. The molecule has 7 rings (SSSR count). The van der Waals surface area contributed by atoms with Crippen molar-refractivity contribution in [3.8, 4) is 17.1 Å². The number of fused-ring (bicyclic) bond motifs is 5. The lowest BCUT2D eigenvalue weighted by molar-refractivity contribution is -0.199. The summed E-state index contributed by atoms with van der Waals surface area (Å²) >= 11 is 0. The van der Waals surface area contributed by atoms with E-state index in [1.807, 2.05) is 19.1 Å². The van der Waals surface area contributed by atoms with Gasteiger partial charge >= 0.3 is 12.1 Å². The number of aliphatic hydroxyl groups is 2. The van der Waals surface area contributed by atoms with Crippen LogP contribution in [0.15, 0.2) is 29.1 Å². The van der Waals surface area contributed by atoms with Crippen molar-refractivity contribution >= 4 is 23.0 Å². The SMILES string of the molecule is CC[13c]1c2c(n[13c]3[13cH][13cH][13c](OC(=O)N4CCC(N5CCCCC5)CC4)[13cH][13c]13)-c1cc3c(c(=O)n1C2)C(O)OC(=O)[C@]3(O)CC. The standard InChI is InChI=1S/C33H38N4O7/c1-3-21-22-16-20(43-32(41)36-14-10-19(11-15-36)35-12-6-5-7-13-35)8-9-25(22)34-28-23(21)18-37-26(28)17-24-27(29(37)38)30(39)44-31(40)33(24,42)4-2/h8-9,16-17,19,30,39,42H,3-7,10-15,18H2,1-2H3/t30?,33-/m0/s1/i8+1,9+1,16+1,20+1,21+1,22+1,25+1. The molecule has 2 aromatic heterocycles. The lowest BCUT2D eigenvalue weighted by Gasteiger charge is -2.39. The van der Waals surface area contributed by atoms with Crippen molar-refractivity contribution in [1.29, 1.82) is 0 Å². The third-order valence-electron chi connectivity index (χ3n) is 10.0. The van der Waals surface area contributed by atoms with Crippen molar-refractivity contribution in [2.75, 3.05) is 26.2 Å². The number of carbonyl (C=O) groups excluding carboxylic acids is 2. The zero-order valence-electron chi connectivity index (χ0n) is 25.2. The number of carbonyl (C=O) groups is 2. The normalized spacial score (nSPS) is 23.7. The maximum Gasteiger partial charge on any atom is 0.415 e. The van der Waals surface area contributed by atoms with Gasteiger partial charge in [0, 0.05) is 35.6 Å². The van der Waals surface area contributed by atoms with E-state index < -0.39 is 23.4 Å². The number of esters is 1. The van der Waals surface area contributed by atoms with Crippen LogP contribution in [0.2, 0.25) is 0 Å². The van der Waals surface area contributed by atoms with Gasteiger partial charge in [-0.05, 0) is 81.4 Å². The van der Waals surface area contributed by atoms with Crippen LogP contribution >= 0.6 is 0 Å². The summed E-state index contributed by atoms with van der Waals surface area (Å²) in [7, 11) is 0. The Bertz CT molecular complexity index is 1720. The van der Waals surface area contributed by atoms with Crippen LogP contribution in [-0.2, 0) is 28.1 Å². The molecule has 3 aromatic rings. The molecule has 1 aromatic carbocycles. The average molecular weight is 610 g/mol. The highest BCUT2D eigenvalue weighted by atomic mass is 16.6. The number of hydrogen-bond acceptors (Lipinski definition) is 9. The number of aromatic nitrogens is 2.